The summed E-state index contributed by atoms with van der Waals surface area (Å²) in [5.74, 6) is 0.811. The lowest BCUT2D eigenvalue weighted by Crippen LogP contribution is -2.44. The maximum absolute atomic E-state index is 11.9. The van der Waals surface area contributed by atoms with E-state index >= 15 is 0 Å². The molecule has 1 aliphatic heterocycles. The van der Waals surface area contributed by atoms with E-state index in [1.807, 2.05) is 27.8 Å². The van der Waals surface area contributed by atoms with Crippen LogP contribution in [0.15, 0.2) is 0 Å². The zero-order valence-electron chi connectivity index (χ0n) is 14.7. The van der Waals surface area contributed by atoms with Crippen LogP contribution in [-0.4, -0.2) is 55.2 Å². The van der Waals surface area contributed by atoms with E-state index in [4.69, 9.17) is 4.74 Å². The molecule has 1 saturated heterocycles. The molecule has 1 fully saturated rings. The number of alkyl carbamates (subject to hydrolysis) is 1. The molecule has 0 aliphatic carbocycles. The third kappa shape index (κ3) is 6.22. The fourth-order valence-electron chi connectivity index (χ4n) is 2.38. The van der Waals surface area contributed by atoms with Crippen molar-refractivity contribution in [2.24, 2.45) is 11.8 Å². The van der Waals surface area contributed by atoms with Crippen molar-refractivity contribution >= 4 is 12.0 Å². The second-order valence-corrected chi connectivity index (χ2v) is 7.40. The molecule has 0 aromatic rings. The number of carbonyl (C=O) groups excluding carboxylic acids is 2. The Balaban J connectivity index is 2.39. The van der Waals surface area contributed by atoms with Crippen LogP contribution in [0.25, 0.3) is 0 Å². The standard InChI is InChI=1S/C16H31N3O3/c1-11(2)12(10-18-15(21)22-16(3,4)5)9-17-13-7-8-19(6)14(13)20/h11-13,17H,7-10H2,1-6H3,(H,18,21). The van der Waals surface area contributed by atoms with Gasteiger partial charge in [-0.1, -0.05) is 13.8 Å². The van der Waals surface area contributed by atoms with E-state index in [0.717, 1.165) is 13.0 Å². The van der Waals surface area contributed by atoms with Crippen molar-refractivity contribution < 1.29 is 14.3 Å². The summed E-state index contributed by atoms with van der Waals surface area (Å²) in [5, 5.41) is 6.15. The van der Waals surface area contributed by atoms with E-state index in [0.29, 0.717) is 19.0 Å². The van der Waals surface area contributed by atoms with Crippen LogP contribution in [0.1, 0.15) is 41.0 Å². The lowest BCUT2D eigenvalue weighted by molar-refractivity contribution is -0.128. The molecule has 1 rings (SSSR count). The van der Waals surface area contributed by atoms with Gasteiger partial charge < -0.3 is 20.3 Å². The number of likely N-dealkylation sites (tertiary alicyclic amines) is 1. The molecular formula is C16H31N3O3. The first-order chi connectivity index (χ1) is 10.1. The third-order valence-electron chi connectivity index (χ3n) is 3.90. The van der Waals surface area contributed by atoms with Crippen LogP contribution in [-0.2, 0) is 9.53 Å². The quantitative estimate of drug-likeness (QED) is 0.781. The molecule has 0 radical (unpaired) electrons. The Morgan fingerprint density at radius 3 is 2.45 bits per heavy atom. The maximum Gasteiger partial charge on any atom is 0.407 e. The molecule has 0 aromatic heterocycles. The number of ether oxygens (including phenoxy) is 1. The van der Waals surface area contributed by atoms with Crippen molar-refractivity contribution in [1.29, 1.82) is 0 Å². The van der Waals surface area contributed by atoms with E-state index < -0.39 is 11.7 Å². The van der Waals surface area contributed by atoms with Gasteiger partial charge in [-0.3, -0.25) is 4.79 Å². The average molecular weight is 313 g/mol. The largest absolute Gasteiger partial charge is 0.444 e. The first-order valence-electron chi connectivity index (χ1n) is 8.05. The van der Waals surface area contributed by atoms with Gasteiger partial charge in [0, 0.05) is 26.7 Å². The number of nitrogens with zero attached hydrogens (tertiary/aromatic N) is 1. The van der Waals surface area contributed by atoms with Crippen LogP contribution < -0.4 is 10.6 Å². The van der Waals surface area contributed by atoms with Crippen molar-refractivity contribution in [3.8, 4) is 0 Å². The number of hydrogen-bond donors (Lipinski definition) is 2. The average Bonchev–Trinajstić information content (AvgIpc) is 2.67. The number of nitrogens with one attached hydrogen (secondary N) is 2. The van der Waals surface area contributed by atoms with Crippen molar-refractivity contribution in [3.05, 3.63) is 0 Å². The molecule has 22 heavy (non-hydrogen) atoms. The van der Waals surface area contributed by atoms with E-state index in [-0.39, 0.29) is 17.9 Å². The number of likely N-dealkylation sites (N-methyl/N-ethyl adjacent to an activating group) is 1. The zero-order chi connectivity index (χ0) is 16.9. The number of rotatable bonds is 6. The summed E-state index contributed by atoms with van der Waals surface area (Å²) in [5.41, 5.74) is -0.490. The highest BCUT2D eigenvalue weighted by atomic mass is 16.6. The minimum absolute atomic E-state index is 0.0900. The summed E-state index contributed by atoms with van der Waals surface area (Å²) >= 11 is 0. The molecule has 6 heteroatoms. The van der Waals surface area contributed by atoms with Crippen LogP contribution in [0.2, 0.25) is 0 Å². The van der Waals surface area contributed by atoms with Gasteiger partial charge >= 0.3 is 6.09 Å². The summed E-state index contributed by atoms with van der Waals surface area (Å²) < 4.78 is 5.25. The van der Waals surface area contributed by atoms with Gasteiger partial charge in [0.2, 0.25) is 5.91 Å². The highest BCUT2D eigenvalue weighted by molar-refractivity contribution is 5.83. The smallest absolute Gasteiger partial charge is 0.407 e. The molecule has 0 saturated carbocycles. The predicted octanol–water partition coefficient (Wildman–Crippen LogP) is 1.60. The van der Waals surface area contributed by atoms with Crippen molar-refractivity contribution in [1.82, 2.24) is 15.5 Å². The topological polar surface area (TPSA) is 70.7 Å². The minimum Gasteiger partial charge on any atom is -0.444 e. The Kier molecular flexibility index (Phi) is 6.66. The SMILES string of the molecule is CC(C)C(CNC(=O)OC(C)(C)C)CNC1CCN(C)C1=O. The van der Waals surface area contributed by atoms with Gasteiger partial charge in [0.05, 0.1) is 6.04 Å². The highest BCUT2D eigenvalue weighted by Crippen LogP contribution is 2.13. The van der Waals surface area contributed by atoms with Gasteiger partial charge in [-0.25, -0.2) is 4.79 Å². The molecule has 0 bridgehead atoms. The summed E-state index contributed by atoms with van der Waals surface area (Å²) in [6, 6.07) is -0.0900. The van der Waals surface area contributed by atoms with Gasteiger partial charge in [0.1, 0.15) is 5.60 Å². The molecule has 2 N–H and O–H groups in total. The summed E-state index contributed by atoms with van der Waals surface area (Å²) in [4.78, 5) is 25.4. The molecule has 2 unspecified atom stereocenters. The van der Waals surface area contributed by atoms with Gasteiger partial charge in [-0.05, 0) is 39.0 Å². The second kappa shape index (κ2) is 7.81. The van der Waals surface area contributed by atoms with Crippen molar-refractivity contribution in [2.45, 2.75) is 52.7 Å². The van der Waals surface area contributed by atoms with E-state index in [1.165, 1.54) is 0 Å². The molecule has 6 nitrogen and oxygen atoms in total. The Labute approximate surface area is 134 Å². The van der Waals surface area contributed by atoms with Crippen molar-refractivity contribution in [3.63, 3.8) is 0 Å². The lowest BCUT2D eigenvalue weighted by Gasteiger charge is -2.25. The maximum atomic E-state index is 11.9. The number of amides is 2. The van der Waals surface area contributed by atoms with Crippen LogP contribution in [0.5, 0.6) is 0 Å². The Morgan fingerprint density at radius 1 is 1.36 bits per heavy atom. The van der Waals surface area contributed by atoms with Gasteiger partial charge in [0.15, 0.2) is 0 Å². The third-order valence-corrected chi connectivity index (χ3v) is 3.90. The fraction of sp³-hybridized carbons (Fsp3) is 0.875. The Morgan fingerprint density at radius 2 is 2.00 bits per heavy atom. The number of hydrogen-bond acceptors (Lipinski definition) is 4. The normalized spacial score (nSPS) is 20.4. The zero-order valence-corrected chi connectivity index (χ0v) is 14.7. The lowest BCUT2D eigenvalue weighted by atomic mass is 9.95. The molecule has 0 spiro atoms. The minimum atomic E-state index is -0.490. The fourth-order valence-corrected chi connectivity index (χ4v) is 2.38. The summed E-state index contributed by atoms with van der Waals surface area (Å²) in [7, 11) is 1.83. The van der Waals surface area contributed by atoms with Gasteiger partial charge in [-0.2, -0.15) is 0 Å². The van der Waals surface area contributed by atoms with Crippen molar-refractivity contribution in [2.75, 3.05) is 26.7 Å². The molecule has 1 aliphatic rings. The van der Waals surface area contributed by atoms with E-state index in [9.17, 15) is 9.59 Å². The molecule has 2 amide bonds. The summed E-state index contributed by atoms with van der Waals surface area (Å²) in [6.45, 7) is 11.8. The van der Waals surface area contributed by atoms with Gasteiger partial charge in [-0.15, -0.1) is 0 Å². The molecule has 0 aromatic carbocycles. The van der Waals surface area contributed by atoms with Gasteiger partial charge in [0.25, 0.3) is 0 Å². The molecular weight excluding hydrogens is 282 g/mol. The predicted molar refractivity (Wildman–Crippen MR) is 86.6 cm³/mol. The van der Waals surface area contributed by atoms with Crippen LogP contribution in [0.4, 0.5) is 4.79 Å². The molecule has 2 atom stereocenters. The van der Waals surface area contributed by atoms with Crippen LogP contribution >= 0.6 is 0 Å². The monoisotopic (exact) mass is 313 g/mol. The molecule has 128 valence electrons. The summed E-state index contributed by atoms with van der Waals surface area (Å²) in [6.07, 6.45) is 0.453. The number of carbonyl (C=O) groups is 2. The van der Waals surface area contributed by atoms with E-state index in [1.54, 1.807) is 4.90 Å². The van der Waals surface area contributed by atoms with E-state index in [2.05, 4.69) is 24.5 Å². The van der Waals surface area contributed by atoms with Crippen LogP contribution in [0.3, 0.4) is 0 Å². The first kappa shape index (κ1) is 18.7. The molecule has 1 heterocycles. The Hall–Kier alpha value is -1.30. The Bertz CT molecular complexity index is 391. The first-order valence-corrected chi connectivity index (χ1v) is 8.05. The highest BCUT2D eigenvalue weighted by Gasteiger charge is 2.29. The van der Waals surface area contributed by atoms with Crippen LogP contribution in [0, 0.1) is 11.8 Å². The second-order valence-electron chi connectivity index (χ2n) is 7.40.